The van der Waals surface area contributed by atoms with Crippen LogP contribution < -0.4 is 0 Å². The lowest BCUT2D eigenvalue weighted by Gasteiger charge is -2.26. The standard InChI is InChI=1S/C16H28/c1-5-13(6-2)15-10-9-11-16(12-15)14(7-3)8-4/h10-11,13-14H,5-9,12H2,1-4H3. The van der Waals surface area contributed by atoms with Gasteiger partial charge in [-0.1, -0.05) is 51.0 Å². The molecule has 0 aliphatic heterocycles. The van der Waals surface area contributed by atoms with Crippen molar-refractivity contribution < 1.29 is 0 Å². The lowest BCUT2D eigenvalue weighted by molar-refractivity contribution is 0.515. The Morgan fingerprint density at radius 1 is 0.812 bits per heavy atom. The summed E-state index contributed by atoms with van der Waals surface area (Å²) in [4.78, 5) is 0. The molecular weight excluding hydrogens is 192 g/mol. The molecule has 0 heterocycles. The highest BCUT2D eigenvalue weighted by Gasteiger charge is 2.18. The van der Waals surface area contributed by atoms with Gasteiger partial charge in [-0.2, -0.15) is 0 Å². The molecule has 0 spiro atoms. The van der Waals surface area contributed by atoms with E-state index in [2.05, 4.69) is 39.8 Å². The van der Waals surface area contributed by atoms with Crippen LogP contribution in [0.3, 0.4) is 0 Å². The van der Waals surface area contributed by atoms with E-state index < -0.39 is 0 Å². The van der Waals surface area contributed by atoms with E-state index in [0.717, 1.165) is 11.8 Å². The quantitative estimate of drug-likeness (QED) is 0.518. The third kappa shape index (κ3) is 3.23. The van der Waals surface area contributed by atoms with Crippen LogP contribution in [0, 0.1) is 11.8 Å². The Labute approximate surface area is 102 Å². The molecule has 0 aromatic rings. The third-order valence-corrected chi connectivity index (χ3v) is 4.19. The van der Waals surface area contributed by atoms with Crippen molar-refractivity contribution in [2.45, 2.75) is 66.2 Å². The van der Waals surface area contributed by atoms with Crippen LogP contribution in [0.5, 0.6) is 0 Å². The minimum atomic E-state index is 0.832. The highest BCUT2D eigenvalue weighted by Crippen LogP contribution is 2.34. The molecule has 0 aromatic carbocycles. The van der Waals surface area contributed by atoms with Crippen LogP contribution in [0.15, 0.2) is 23.3 Å². The molecule has 92 valence electrons. The van der Waals surface area contributed by atoms with Gasteiger partial charge in [0.1, 0.15) is 0 Å². The van der Waals surface area contributed by atoms with Crippen molar-refractivity contribution in [1.82, 2.24) is 0 Å². The van der Waals surface area contributed by atoms with Crippen molar-refractivity contribution in [3.8, 4) is 0 Å². The molecule has 0 unspecified atom stereocenters. The van der Waals surface area contributed by atoms with Gasteiger partial charge >= 0.3 is 0 Å². The lowest BCUT2D eigenvalue weighted by Crippen LogP contribution is -2.10. The zero-order chi connectivity index (χ0) is 12.0. The van der Waals surface area contributed by atoms with Gasteiger partial charge in [-0.15, -0.1) is 0 Å². The first-order valence-electron chi connectivity index (χ1n) is 7.14. The molecule has 16 heavy (non-hydrogen) atoms. The van der Waals surface area contributed by atoms with Crippen molar-refractivity contribution in [3.63, 3.8) is 0 Å². The van der Waals surface area contributed by atoms with Crippen LogP contribution >= 0.6 is 0 Å². The summed E-state index contributed by atoms with van der Waals surface area (Å²) in [5.74, 6) is 1.66. The van der Waals surface area contributed by atoms with Crippen molar-refractivity contribution in [3.05, 3.63) is 23.3 Å². The van der Waals surface area contributed by atoms with Gasteiger partial charge in [0.2, 0.25) is 0 Å². The van der Waals surface area contributed by atoms with Gasteiger partial charge in [-0.3, -0.25) is 0 Å². The zero-order valence-corrected chi connectivity index (χ0v) is 11.6. The topological polar surface area (TPSA) is 0 Å². The average Bonchev–Trinajstić information content (AvgIpc) is 2.33. The van der Waals surface area contributed by atoms with Crippen LogP contribution in [-0.2, 0) is 0 Å². The Morgan fingerprint density at radius 3 is 1.50 bits per heavy atom. The predicted octanol–water partition coefficient (Wildman–Crippen LogP) is 5.51. The Bertz CT molecular complexity index is 223. The maximum Gasteiger partial charge on any atom is -0.0103 e. The van der Waals surface area contributed by atoms with E-state index in [9.17, 15) is 0 Å². The second kappa shape index (κ2) is 6.93. The molecule has 0 nitrogen and oxygen atoms in total. The van der Waals surface area contributed by atoms with Crippen molar-refractivity contribution in [1.29, 1.82) is 0 Å². The second-order valence-corrected chi connectivity index (χ2v) is 5.00. The van der Waals surface area contributed by atoms with Crippen LogP contribution in [0.2, 0.25) is 0 Å². The average molecular weight is 220 g/mol. The van der Waals surface area contributed by atoms with Crippen molar-refractivity contribution in [2.24, 2.45) is 11.8 Å². The summed E-state index contributed by atoms with van der Waals surface area (Å²) in [7, 11) is 0. The first-order valence-corrected chi connectivity index (χ1v) is 7.14. The minimum Gasteiger partial charge on any atom is -0.0809 e. The maximum absolute atomic E-state index is 2.48. The molecule has 0 radical (unpaired) electrons. The fourth-order valence-corrected chi connectivity index (χ4v) is 2.99. The molecule has 0 bridgehead atoms. The monoisotopic (exact) mass is 220 g/mol. The molecule has 1 aliphatic rings. The van der Waals surface area contributed by atoms with Gasteiger partial charge in [0.15, 0.2) is 0 Å². The van der Waals surface area contributed by atoms with Gasteiger partial charge in [0, 0.05) is 0 Å². The fraction of sp³-hybridized carbons (Fsp3) is 0.750. The van der Waals surface area contributed by atoms with E-state index in [1.807, 2.05) is 0 Å². The fourth-order valence-electron chi connectivity index (χ4n) is 2.99. The molecule has 0 saturated carbocycles. The number of hydrogen-bond acceptors (Lipinski definition) is 0. The Hall–Kier alpha value is -0.520. The van der Waals surface area contributed by atoms with Gasteiger partial charge in [0.25, 0.3) is 0 Å². The summed E-state index contributed by atoms with van der Waals surface area (Å²) >= 11 is 0. The molecule has 0 N–H and O–H groups in total. The molecule has 1 rings (SSSR count). The molecule has 0 amide bonds. The van der Waals surface area contributed by atoms with E-state index >= 15 is 0 Å². The number of rotatable bonds is 6. The first kappa shape index (κ1) is 13.5. The SMILES string of the molecule is CCC(CC)C1=CCC=C(C(CC)CC)C1. The lowest BCUT2D eigenvalue weighted by atomic mass is 9.80. The summed E-state index contributed by atoms with van der Waals surface area (Å²) in [6.45, 7) is 9.29. The molecule has 0 fully saturated rings. The van der Waals surface area contributed by atoms with E-state index in [1.165, 1.54) is 38.5 Å². The van der Waals surface area contributed by atoms with E-state index in [1.54, 1.807) is 11.1 Å². The largest absolute Gasteiger partial charge is 0.0809 e. The maximum atomic E-state index is 2.48. The molecule has 0 heteroatoms. The number of allylic oxidation sites excluding steroid dienone is 4. The van der Waals surface area contributed by atoms with Crippen LogP contribution in [0.1, 0.15) is 66.2 Å². The Morgan fingerprint density at radius 2 is 1.19 bits per heavy atom. The van der Waals surface area contributed by atoms with Gasteiger partial charge in [-0.05, 0) is 50.4 Å². The molecule has 0 atom stereocenters. The van der Waals surface area contributed by atoms with Crippen LogP contribution in [-0.4, -0.2) is 0 Å². The summed E-state index contributed by atoms with van der Waals surface area (Å²) in [5, 5.41) is 0. The van der Waals surface area contributed by atoms with Gasteiger partial charge in [-0.25, -0.2) is 0 Å². The van der Waals surface area contributed by atoms with E-state index in [-0.39, 0.29) is 0 Å². The summed E-state index contributed by atoms with van der Waals surface area (Å²) in [6.07, 6.45) is 12.6. The minimum absolute atomic E-state index is 0.832. The van der Waals surface area contributed by atoms with Gasteiger partial charge in [0.05, 0.1) is 0 Å². The van der Waals surface area contributed by atoms with E-state index in [4.69, 9.17) is 0 Å². The molecule has 0 aromatic heterocycles. The summed E-state index contributed by atoms with van der Waals surface area (Å²) in [6, 6.07) is 0. The van der Waals surface area contributed by atoms with Gasteiger partial charge < -0.3 is 0 Å². The summed E-state index contributed by atoms with van der Waals surface area (Å²) < 4.78 is 0. The molecule has 0 saturated heterocycles. The van der Waals surface area contributed by atoms with Crippen molar-refractivity contribution >= 4 is 0 Å². The van der Waals surface area contributed by atoms with Crippen molar-refractivity contribution in [2.75, 3.05) is 0 Å². The third-order valence-electron chi connectivity index (χ3n) is 4.19. The van der Waals surface area contributed by atoms with E-state index in [0.29, 0.717) is 0 Å². The van der Waals surface area contributed by atoms with Crippen LogP contribution in [0.4, 0.5) is 0 Å². The first-order chi connectivity index (χ1) is 7.76. The zero-order valence-electron chi connectivity index (χ0n) is 11.6. The predicted molar refractivity (Wildman–Crippen MR) is 73.5 cm³/mol. The Balaban J connectivity index is 2.65. The normalized spacial score (nSPS) is 16.6. The second-order valence-electron chi connectivity index (χ2n) is 5.00. The molecule has 1 aliphatic carbocycles. The summed E-state index contributed by atoms with van der Waals surface area (Å²) in [5.41, 5.74) is 3.43. The Kier molecular flexibility index (Phi) is 5.87. The highest BCUT2D eigenvalue weighted by molar-refractivity contribution is 5.25. The highest BCUT2D eigenvalue weighted by atomic mass is 14.2. The molecular formula is C16H28. The smallest absolute Gasteiger partial charge is 0.0103 e. The van der Waals surface area contributed by atoms with Crippen LogP contribution in [0.25, 0.3) is 0 Å². The number of hydrogen-bond donors (Lipinski definition) is 0.